The average molecular weight is 277 g/mol. The first-order valence-corrected chi connectivity index (χ1v) is 6.60. The predicted octanol–water partition coefficient (Wildman–Crippen LogP) is 2.99. The molecule has 0 radical (unpaired) electrons. The van der Waals surface area contributed by atoms with Gasteiger partial charge in [0.1, 0.15) is 12.2 Å². The van der Waals surface area contributed by atoms with Crippen LogP contribution in [-0.4, -0.2) is 35.3 Å². The average Bonchev–Trinajstić information content (AvgIpc) is 2.69. The minimum atomic E-state index is -0.652. The number of amides is 2. The van der Waals surface area contributed by atoms with Crippen molar-refractivity contribution in [2.24, 2.45) is 0 Å². The van der Waals surface area contributed by atoms with Crippen molar-refractivity contribution in [1.29, 1.82) is 0 Å². The molecule has 1 saturated heterocycles. The molecule has 1 aliphatic rings. The van der Waals surface area contributed by atoms with E-state index in [9.17, 15) is 9.59 Å². The van der Waals surface area contributed by atoms with E-state index in [1.54, 1.807) is 20.8 Å². The molecular formula is C15H19NO4. The van der Waals surface area contributed by atoms with Crippen LogP contribution in [0.2, 0.25) is 0 Å². The third-order valence-electron chi connectivity index (χ3n) is 2.87. The lowest BCUT2D eigenvalue weighted by atomic mass is 10.1. The number of nitrogens with zero attached hydrogens (tertiary/aromatic N) is 1. The van der Waals surface area contributed by atoms with Gasteiger partial charge in [0.2, 0.25) is 0 Å². The molecule has 1 atom stereocenters. The van der Waals surface area contributed by atoms with Crippen molar-refractivity contribution in [3.05, 3.63) is 35.9 Å². The molecule has 0 bridgehead atoms. The lowest BCUT2D eigenvalue weighted by molar-refractivity contribution is 0.0292. The summed E-state index contributed by atoms with van der Waals surface area (Å²) < 4.78 is 10.2. The molecule has 1 heterocycles. The van der Waals surface area contributed by atoms with Crippen LogP contribution in [0.3, 0.4) is 0 Å². The molecule has 20 heavy (non-hydrogen) atoms. The van der Waals surface area contributed by atoms with Gasteiger partial charge in [0.05, 0.1) is 6.04 Å². The molecule has 5 heteroatoms. The lowest BCUT2D eigenvalue weighted by Gasteiger charge is -2.25. The molecule has 0 saturated carbocycles. The Bertz CT molecular complexity index is 492. The maximum absolute atomic E-state index is 12.1. The van der Waals surface area contributed by atoms with Crippen LogP contribution in [0.1, 0.15) is 26.3 Å². The third-order valence-corrected chi connectivity index (χ3v) is 2.87. The smallest absolute Gasteiger partial charge is 0.420 e. The summed E-state index contributed by atoms with van der Waals surface area (Å²) in [6, 6.07) is 9.35. The fraction of sp³-hybridized carbons (Fsp3) is 0.467. The Morgan fingerprint density at radius 3 is 2.60 bits per heavy atom. The van der Waals surface area contributed by atoms with Gasteiger partial charge in [0.25, 0.3) is 0 Å². The third kappa shape index (κ3) is 3.50. The molecule has 1 aliphatic heterocycles. The first-order chi connectivity index (χ1) is 9.37. The molecule has 1 unspecified atom stereocenters. The van der Waals surface area contributed by atoms with Crippen molar-refractivity contribution >= 4 is 12.2 Å². The summed E-state index contributed by atoms with van der Waals surface area (Å²) in [6.07, 6.45) is -0.729. The highest BCUT2D eigenvalue weighted by molar-refractivity contribution is 5.89. The minimum absolute atomic E-state index is 0.201. The Balaban J connectivity index is 2.09. The molecule has 5 nitrogen and oxygen atoms in total. The number of carbonyl (C=O) groups is 2. The Morgan fingerprint density at radius 2 is 2.00 bits per heavy atom. The molecule has 2 amide bonds. The Morgan fingerprint density at radius 1 is 1.35 bits per heavy atom. The quantitative estimate of drug-likeness (QED) is 0.834. The fourth-order valence-corrected chi connectivity index (χ4v) is 2.03. The summed E-state index contributed by atoms with van der Waals surface area (Å²) >= 11 is 0. The van der Waals surface area contributed by atoms with E-state index in [1.165, 1.54) is 0 Å². The molecule has 2 rings (SSSR count). The van der Waals surface area contributed by atoms with Crippen molar-refractivity contribution in [3.8, 4) is 0 Å². The number of benzene rings is 1. The van der Waals surface area contributed by atoms with Gasteiger partial charge in [-0.25, -0.2) is 14.5 Å². The standard InChI is InChI=1S/C15H19NO4/c1-15(2,3)20-14(18)16-12(10-19-13(16)17)9-11-7-5-4-6-8-11/h4-8,12H,9-10H2,1-3H3. The SMILES string of the molecule is CC(C)(C)OC(=O)N1C(=O)OCC1Cc1ccccc1. The lowest BCUT2D eigenvalue weighted by Crippen LogP contribution is -2.43. The molecule has 1 aromatic carbocycles. The van der Waals surface area contributed by atoms with Gasteiger partial charge in [-0.2, -0.15) is 0 Å². The van der Waals surface area contributed by atoms with Gasteiger partial charge in [-0.05, 0) is 32.8 Å². The first kappa shape index (κ1) is 14.4. The van der Waals surface area contributed by atoms with Crippen LogP contribution < -0.4 is 0 Å². The van der Waals surface area contributed by atoms with Crippen molar-refractivity contribution in [2.75, 3.05) is 6.61 Å². The van der Waals surface area contributed by atoms with Crippen molar-refractivity contribution < 1.29 is 19.1 Å². The van der Waals surface area contributed by atoms with Gasteiger partial charge in [0.15, 0.2) is 0 Å². The topological polar surface area (TPSA) is 55.8 Å². The maximum atomic E-state index is 12.1. The summed E-state index contributed by atoms with van der Waals surface area (Å²) in [7, 11) is 0. The van der Waals surface area contributed by atoms with Gasteiger partial charge in [0, 0.05) is 0 Å². The summed E-state index contributed by atoms with van der Waals surface area (Å²) in [4.78, 5) is 24.8. The Labute approximate surface area is 118 Å². The molecule has 0 aliphatic carbocycles. The van der Waals surface area contributed by atoms with E-state index in [4.69, 9.17) is 9.47 Å². The number of imide groups is 1. The zero-order valence-corrected chi connectivity index (χ0v) is 12.0. The van der Waals surface area contributed by atoms with Crippen LogP contribution in [-0.2, 0) is 15.9 Å². The van der Waals surface area contributed by atoms with Crippen LogP contribution in [0.5, 0.6) is 0 Å². The second-order valence-corrected chi connectivity index (χ2v) is 5.77. The van der Waals surface area contributed by atoms with E-state index in [1.807, 2.05) is 30.3 Å². The molecule has 108 valence electrons. The first-order valence-electron chi connectivity index (χ1n) is 6.60. The van der Waals surface area contributed by atoms with Gasteiger partial charge in [-0.1, -0.05) is 30.3 Å². The molecule has 1 fully saturated rings. The van der Waals surface area contributed by atoms with Crippen molar-refractivity contribution in [1.82, 2.24) is 4.90 Å². The number of ether oxygens (including phenoxy) is 2. The van der Waals surface area contributed by atoms with Crippen LogP contribution >= 0.6 is 0 Å². The molecular weight excluding hydrogens is 258 g/mol. The van der Waals surface area contributed by atoms with E-state index in [0.29, 0.717) is 6.42 Å². The monoisotopic (exact) mass is 277 g/mol. The van der Waals surface area contributed by atoms with Gasteiger partial charge in [-0.15, -0.1) is 0 Å². The zero-order valence-electron chi connectivity index (χ0n) is 12.0. The number of hydrogen-bond donors (Lipinski definition) is 0. The van der Waals surface area contributed by atoms with Gasteiger partial charge < -0.3 is 9.47 Å². The summed E-state index contributed by atoms with van der Waals surface area (Å²) in [5.41, 5.74) is 0.404. The minimum Gasteiger partial charge on any atom is -0.447 e. The van der Waals surface area contributed by atoms with E-state index in [-0.39, 0.29) is 12.6 Å². The van der Waals surface area contributed by atoms with Crippen LogP contribution in [0.15, 0.2) is 30.3 Å². The molecule has 1 aromatic rings. The summed E-state index contributed by atoms with van der Waals surface area (Å²) in [5, 5.41) is 0. The van der Waals surface area contributed by atoms with Gasteiger partial charge >= 0.3 is 12.2 Å². The summed E-state index contributed by atoms with van der Waals surface area (Å²) in [6.45, 7) is 5.49. The highest BCUT2D eigenvalue weighted by Gasteiger charge is 2.40. The maximum Gasteiger partial charge on any atom is 0.420 e. The zero-order chi connectivity index (χ0) is 14.8. The number of cyclic esters (lactones) is 1. The van der Waals surface area contributed by atoms with Crippen molar-refractivity contribution in [2.45, 2.75) is 38.8 Å². The normalized spacial score (nSPS) is 18.9. The van der Waals surface area contributed by atoms with E-state index >= 15 is 0 Å². The Hall–Kier alpha value is -2.04. The number of carbonyl (C=O) groups excluding carboxylic acids is 2. The highest BCUT2D eigenvalue weighted by Crippen LogP contribution is 2.20. The predicted molar refractivity (Wildman–Crippen MR) is 73.4 cm³/mol. The summed E-state index contributed by atoms with van der Waals surface area (Å²) in [5.74, 6) is 0. The van der Waals surface area contributed by atoms with E-state index in [2.05, 4.69) is 0 Å². The fourth-order valence-electron chi connectivity index (χ4n) is 2.03. The molecule has 0 aromatic heterocycles. The van der Waals surface area contributed by atoms with E-state index in [0.717, 1.165) is 10.5 Å². The molecule has 0 spiro atoms. The van der Waals surface area contributed by atoms with Crippen LogP contribution in [0.25, 0.3) is 0 Å². The van der Waals surface area contributed by atoms with E-state index < -0.39 is 17.8 Å². The largest absolute Gasteiger partial charge is 0.447 e. The van der Waals surface area contributed by atoms with Crippen LogP contribution in [0.4, 0.5) is 9.59 Å². The Kier molecular flexibility index (Phi) is 3.97. The number of hydrogen-bond acceptors (Lipinski definition) is 4. The van der Waals surface area contributed by atoms with Crippen LogP contribution in [0, 0.1) is 0 Å². The van der Waals surface area contributed by atoms with Crippen molar-refractivity contribution in [3.63, 3.8) is 0 Å². The second-order valence-electron chi connectivity index (χ2n) is 5.77. The molecule has 0 N–H and O–H groups in total. The van der Waals surface area contributed by atoms with Gasteiger partial charge in [-0.3, -0.25) is 0 Å². The highest BCUT2D eigenvalue weighted by atomic mass is 16.6. The second kappa shape index (κ2) is 5.53. The number of rotatable bonds is 2.